The minimum Gasteiger partial charge on any atom is -0.497 e. The van der Waals surface area contributed by atoms with Crippen molar-refractivity contribution in [3.05, 3.63) is 84.4 Å². The van der Waals surface area contributed by atoms with Crippen molar-refractivity contribution in [2.75, 3.05) is 18.8 Å². The fraction of sp³-hybridized carbons (Fsp3) is 0.217. The van der Waals surface area contributed by atoms with E-state index in [0.717, 1.165) is 17.9 Å². The second-order valence-corrected chi connectivity index (χ2v) is 6.67. The molecule has 4 nitrogen and oxygen atoms in total. The van der Waals surface area contributed by atoms with Gasteiger partial charge in [0.05, 0.1) is 25.4 Å². The predicted octanol–water partition coefficient (Wildman–Crippen LogP) is 4.61. The lowest BCUT2D eigenvalue weighted by Crippen LogP contribution is -2.22. The van der Waals surface area contributed by atoms with Crippen LogP contribution in [0.1, 0.15) is 18.0 Å². The molecule has 27 heavy (non-hydrogen) atoms. The third kappa shape index (κ3) is 3.68. The summed E-state index contributed by atoms with van der Waals surface area (Å²) in [5.41, 5.74) is 4.50. The van der Waals surface area contributed by atoms with Gasteiger partial charge >= 0.3 is 0 Å². The molecule has 3 aromatic rings. The van der Waals surface area contributed by atoms with Gasteiger partial charge in [0.2, 0.25) is 0 Å². The standard InChI is InChI=1S/C23H23NO3/c1-26-21-13-11-20(12-14-21)24-23(15-22(16-25)27-24)19-9-7-18(8-10-19)17-5-3-2-4-6-17/h2-14,22-23,25H,15-16H2,1H3. The van der Waals surface area contributed by atoms with E-state index in [1.54, 1.807) is 7.11 Å². The van der Waals surface area contributed by atoms with Gasteiger partial charge in [-0.1, -0.05) is 54.6 Å². The fourth-order valence-electron chi connectivity index (χ4n) is 3.50. The van der Waals surface area contributed by atoms with Crippen LogP contribution in [0.2, 0.25) is 0 Å². The molecule has 0 saturated carbocycles. The van der Waals surface area contributed by atoms with Crippen molar-refractivity contribution >= 4 is 5.69 Å². The van der Waals surface area contributed by atoms with E-state index < -0.39 is 0 Å². The smallest absolute Gasteiger partial charge is 0.119 e. The first kappa shape index (κ1) is 17.6. The molecule has 0 aromatic heterocycles. The molecule has 1 heterocycles. The third-order valence-corrected chi connectivity index (χ3v) is 4.96. The zero-order chi connectivity index (χ0) is 18.6. The summed E-state index contributed by atoms with van der Waals surface area (Å²) in [5, 5.41) is 11.5. The number of ether oxygens (including phenoxy) is 1. The summed E-state index contributed by atoms with van der Waals surface area (Å²) in [6, 6.07) is 26.8. The molecule has 2 atom stereocenters. The lowest BCUT2D eigenvalue weighted by atomic mass is 9.98. The molecular formula is C23H23NO3. The Labute approximate surface area is 159 Å². The molecule has 3 aromatic carbocycles. The van der Waals surface area contributed by atoms with Crippen LogP contribution in [0.15, 0.2) is 78.9 Å². The molecule has 2 unspecified atom stereocenters. The molecule has 4 heteroatoms. The maximum absolute atomic E-state index is 9.60. The summed E-state index contributed by atoms with van der Waals surface area (Å²) < 4.78 is 5.24. The normalized spacial score (nSPS) is 19.3. The number of nitrogens with zero attached hydrogens (tertiary/aromatic N) is 1. The Morgan fingerprint density at radius 1 is 0.926 bits per heavy atom. The molecule has 0 bridgehead atoms. The number of hydrogen-bond acceptors (Lipinski definition) is 4. The first-order valence-corrected chi connectivity index (χ1v) is 9.15. The highest BCUT2D eigenvalue weighted by Crippen LogP contribution is 2.39. The summed E-state index contributed by atoms with van der Waals surface area (Å²) in [6.07, 6.45) is 0.540. The first-order valence-electron chi connectivity index (χ1n) is 9.15. The van der Waals surface area contributed by atoms with Crippen molar-refractivity contribution in [1.29, 1.82) is 0 Å². The molecule has 0 amide bonds. The molecule has 1 fully saturated rings. The fourth-order valence-corrected chi connectivity index (χ4v) is 3.50. The van der Waals surface area contributed by atoms with Crippen LogP contribution in [0.3, 0.4) is 0 Å². The van der Waals surface area contributed by atoms with Crippen molar-refractivity contribution in [1.82, 2.24) is 0 Å². The van der Waals surface area contributed by atoms with Crippen LogP contribution < -0.4 is 9.80 Å². The van der Waals surface area contributed by atoms with Gasteiger partial charge in [0.15, 0.2) is 0 Å². The Hall–Kier alpha value is -2.82. The van der Waals surface area contributed by atoms with Gasteiger partial charge in [0.25, 0.3) is 0 Å². The molecule has 1 aliphatic rings. The summed E-state index contributed by atoms with van der Waals surface area (Å²) in [7, 11) is 1.65. The zero-order valence-electron chi connectivity index (χ0n) is 15.3. The van der Waals surface area contributed by atoms with Crippen LogP contribution in [0.4, 0.5) is 5.69 Å². The molecule has 0 spiro atoms. The van der Waals surface area contributed by atoms with E-state index >= 15 is 0 Å². The summed E-state index contributed by atoms with van der Waals surface area (Å²) in [5.74, 6) is 0.806. The highest BCUT2D eigenvalue weighted by atomic mass is 16.7. The molecule has 0 aliphatic carbocycles. The number of aliphatic hydroxyl groups excluding tert-OH is 1. The van der Waals surface area contributed by atoms with Crippen molar-refractivity contribution < 1.29 is 14.7 Å². The SMILES string of the molecule is COc1ccc(N2OC(CO)CC2c2ccc(-c3ccccc3)cc2)cc1. The second kappa shape index (κ2) is 7.82. The Bertz CT molecular complexity index is 862. The quantitative estimate of drug-likeness (QED) is 0.721. The Kier molecular flexibility index (Phi) is 5.10. The second-order valence-electron chi connectivity index (χ2n) is 6.67. The monoisotopic (exact) mass is 361 g/mol. The number of hydrogen-bond donors (Lipinski definition) is 1. The van der Waals surface area contributed by atoms with E-state index in [1.807, 2.05) is 47.5 Å². The van der Waals surface area contributed by atoms with Gasteiger partial charge in [-0.15, -0.1) is 0 Å². The average molecular weight is 361 g/mol. The van der Waals surface area contributed by atoms with Crippen LogP contribution >= 0.6 is 0 Å². The van der Waals surface area contributed by atoms with Crippen LogP contribution in [0.5, 0.6) is 5.75 Å². The van der Waals surface area contributed by atoms with Gasteiger partial charge in [0, 0.05) is 6.42 Å². The van der Waals surface area contributed by atoms with Crippen LogP contribution in [0.25, 0.3) is 11.1 Å². The third-order valence-electron chi connectivity index (χ3n) is 4.96. The van der Waals surface area contributed by atoms with E-state index in [9.17, 15) is 5.11 Å². The molecule has 1 aliphatic heterocycles. The van der Waals surface area contributed by atoms with Crippen molar-refractivity contribution in [3.8, 4) is 16.9 Å². The van der Waals surface area contributed by atoms with E-state index in [4.69, 9.17) is 9.57 Å². The highest BCUT2D eigenvalue weighted by molar-refractivity contribution is 5.63. The minimum atomic E-state index is -0.203. The molecule has 138 valence electrons. The number of aliphatic hydroxyl groups is 1. The average Bonchev–Trinajstić information content (AvgIpc) is 3.19. The largest absolute Gasteiger partial charge is 0.497 e. The van der Waals surface area contributed by atoms with E-state index in [0.29, 0.717) is 0 Å². The van der Waals surface area contributed by atoms with E-state index in [1.165, 1.54) is 16.7 Å². The predicted molar refractivity (Wildman–Crippen MR) is 107 cm³/mol. The minimum absolute atomic E-state index is 0.00521. The maximum atomic E-state index is 9.60. The van der Waals surface area contributed by atoms with E-state index in [-0.39, 0.29) is 18.8 Å². The van der Waals surface area contributed by atoms with Gasteiger partial charge in [0.1, 0.15) is 11.9 Å². The Morgan fingerprint density at radius 2 is 1.59 bits per heavy atom. The maximum Gasteiger partial charge on any atom is 0.119 e. The number of benzene rings is 3. The molecule has 1 saturated heterocycles. The van der Waals surface area contributed by atoms with Gasteiger partial charge in [-0.2, -0.15) is 0 Å². The summed E-state index contributed by atoms with van der Waals surface area (Å²) >= 11 is 0. The lowest BCUT2D eigenvalue weighted by Gasteiger charge is -2.25. The van der Waals surface area contributed by atoms with Gasteiger partial charge in [-0.25, -0.2) is 5.06 Å². The highest BCUT2D eigenvalue weighted by Gasteiger charge is 2.34. The van der Waals surface area contributed by atoms with Crippen LogP contribution in [0, 0.1) is 0 Å². The Balaban J connectivity index is 1.61. The number of anilines is 1. The topological polar surface area (TPSA) is 41.9 Å². The van der Waals surface area contributed by atoms with E-state index in [2.05, 4.69) is 36.4 Å². The van der Waals surface area contributed by atoms with Gasteiger partial charge in [-0.3, -0.25) is 4.84 Å². The lowest BCUT2D eigenvalue weighted by molar-refractivity contribution is 0.0406. The molecule has 4 rings (SSSR count). The number of hydroxylamine groups is 1. The van der Waals surface area contributed by atoms with Crippen LogP contribution in [-0.2, 0) is 4.84 Å². The van der Waals surface area contributed by atoms with Crippen molar-refractivity contribution in [2.45, 2.75) is 18.6 Å². The summed E-state index contributed by atoms with van der Waals surface area (Å²) in [4.78, 5) is 5.99. The summed E-state index contributed by atoms with van der Waals surface area (Å²) in [6.45, 7) is 0.00521. The molecule has 0 radical (unpaired) electrons. The van der Waals surface area contributed by atoms with Gasteiger partial charge in [-0.05, 0) is 41.0 Å². The van der Waals surface area contributed by atoms with Crippen molar-refractivity contribution in [2.24, 2.45) is 0 Å². The zero-order valence-corrected chi connectivity index (χ0v) is 15.3. The molecular weight excluding hydrogens is 338 g/mol. The molecule has 1 N–H and O–H groups in total. The van der Waals surface area contributed by atoms with Crippen molar-refractivity contribution in [3.63, 3.8) is 0 Å². The van der Waals surface area contributed by atoms with Gasteiger partial charge < -0.3 is 9.84 Å². The van der Waals surface area contributed by atoms with Crippen LogP contribution in [-0.4, -0.2) is 24.9 Å². The first-order chi connectivity index (χ1) is 13.3. The number of methoxy groups -OCH3 is 1. The number of rotatable bonds is 5. The Morgan fingerprint density at radius 3 is 2.22 bits per heavy atom.